The van der Waals surface area contributed by atoms with Gasteiger partial charge in [0.1, 0.15) is 25.1 Å². The topological polar surface area (TPSA) is 91.3 Å². The molecule has 0 aromatic heterocycles. The fourth-order valence-corrected chi connectivity index (χ4v) is 6.43. The summed E-state index contributed by atoms with van der Waals surface area (Å²) in [6.07, 6.45) is 3.19. The molecule has 5 atom stereocenters. The lowest BCUT2D eigenvalue weighted by molar-refractivity contribution is -0.147. The number of carbonyl (C=O) groups excluding carboxylic acids is 2. The zero-order valence-corrected chi connectivity index (χ0v) is 24.2. The van der Waals surface area contributed by atoms with Gasteiger partial charge in [0, 0.05) is 0 Å². The summed E-state index contributed by atoms with van der Waals surface area (Å²) in [5, 5.41) is 10.3. The Morgan fingerprint density at radius 2 is 1.57 bits per heavy atom. The fourth-order valence-electron chi connectivity index (χ4n) is 6.43. The van der Waals surface area contributed by atoms with Crippen LogP contribution in [0.5, 0.6) is 5.75 Å². The van der Waals surface area contributed by atoms with Gasteiger partial charge in [-0.1, -0.05) is 79.7 Å². The third kappa shape index (κ3) is 7.71. The van der Waals surface area contributed by atoms with Crippen LogP contribution in [0.4, 0.5) is 4.79 Å². The van der Waals surface area contributed by atoms with Crippen molar-refractivity contribution >= 4 is 12.1 Å². The molecular weight excluding hydrogens is 532 g/mol. The second-order valence-electron chi connectivity index (χ2n) is 11.4. The van der Waals surface area contributed by atoms with E-state index >= 15 is 0 Å². The molecule has 7 nitrogen and oxygen atoms in total. The Labute approximate surface area is 247 Å². The lowest BCUT2D eigenvalue weighted by Crippen LogP contribution is -2.30. The van der Waals surface area contributed by atoms with Crippen molar-refractivity contribution in [2.24, 2.45) is 17.8 Å². The third-order valence-corrected chi connectivity index (χ3v) is 8.66. The van der Waals surface area contributed by atoms with E-state index in [1.807, 2.05) is 79.7 Å². The van der Waals surface area contributed by atoms with Gasteiger partial charge in [0.2, 0.25) is 0 Å². The molecule has 0 saturated heterocycles. The molecule has 2 aliphatic rings. The predicted octanol–water partition coefficient (Wildman–Crippen LogP) is 6.43. The number of rotatable bonds is 12. The molecule has 0 amide bonds. The van der Waals surface area contributed by atoms with E-state index in [1.165, 1.54) is 5.56 Å². The maximum atomic E-state index is 12.7. The number of carbonyl (C=O) groups is 2. The van der Waals surface area contributed by atoms with Crippen molar-refractivity contribution in [3.63, 3.8) is 0 Å². The zero-order valence-electron chi connectivity index (χ0n) is 24.2. The van der Waals surface area contributed by atoms with Crippen LogP contribution in [-0.2, 0) is 45.1 Å². The van der Waals surface area contributed by atoms with E-state index in [-0.39, 0.29) is 37.9 Å². The number of ether oxygens (including phenoxy) is 4. The summed E-state index contributed by atoms with van der Waals surface area (Å²) < 4.78 is 22.8. The second kappa shape index (κ2) is 14.4. The van der Waals surface area contributed by atoms with Crippen LogP contribution in [0.1, 0.15) is 54.9 Å². The molecule has 222 valence electrons. The Bertz CT molecular complexity index is 1310. The maximum absolute atomic E-state index is 12.7. The predicted molar refractivity (Wildman–Crippen MR) is 158 cm³/mol. The standard InChI is InChI=1S/C35H40O7/c1-2-28(36)16-17-29-30-18-26-14-9-15-32(39-23-34(37)40-21-24-10-5-3-6-11-24)31(26)19-27(30)20-33(29)42-35(38)41-22-25-12-7-4-8-13-25/h3-15,27-30,33,36H,2,16-23H2,1H3/t27-,28-,29+,30-,33+/m0/s1. The highest BCUT2D eigenvalue weighted by Gasteiger charge is 2.47. The molecule has 5 rings (SSSR count). The number of hydrogen-bond donors (Lipinski definition) is 1. The van der Waals surface area contributed by atoms with Gasteiger partial charge >= 0.3 is 12.1 Å². The monoisotopic (exact) mass is 572 g/mol. The molecule has 2 aliphatic carbocycles. The van der Waals surface area contributed by atoms with E-state index in [1.54, 1.807) is 0 Å². The van der Waals surface area contributed by atoms with Crippen LogP contribution in [0.25, 0.3) is 0 Å². The molecule has 42 heavy (non-hydrogen) atoms. The minimum absolute atomic E-state index is 0.131. The molecule has 1 fully saturated rings. The molecule has 0 bridgehead atoms. The first-order valence-corrected chi connectivity index (χ1v) is 15.0. The largest absolute Gasteiger partial charge is 0.508 e. The fraction of sp³-hybridized carbons (Fsp3) is 0.429. The van der Waals surface area contributed by atoms with Crippen molar-refractivity contribution in [2.45, 2.75) is 70.9 Å². The zero-order chi connectivity index (χ0) is 29.3. The molecule has 0 heterocycles. The molecule has 3 aromatic rings. The summed E-state index contributed by atoms with van der Waals surface area (Å²) in [4.78, 5) is 25.1. The van der Waals surface area contributed by atoms with Crippen LogP contribution in [0.15, 0.2) is 78.9 Å². The van der Waals surface area contributed by atoms with Crippen LogP contribution in [0.3, 0.4) is 0 Å². The summed E-state index contributed by atoms with van der Waals surface area (Å²) in [6, 6.07) is 25.1. The van der Waals surface area contributed by atoms with E-state index in [0.717, 1.165) is 42.4 Å². The normalized spacial score (nSPS) is 21.5. The Balaban J connectivity index is 1.22. The molecule has 1 saturated carbocycles. The number of fused-ring (bicyclic) bond motifs is 2. The van der Waals surface area contributed by atoms with Crippen LogP contribution >= 0.6 is 0 Å². The van der Waals surface area contributed by atoms with Crippen molar-refractivity contribution in [3.8, 4) is 5.75 Å². The van der Waals surface area contributed by atoms with Crippen molar-refractivity contribution in [2.75, 3.05) is 6.61 Å². The first kappa shape index (κ1) is 29.6. The highest BCUT2D eigenvalue weighted by molar-refractivity contribution is 5.71. The van der Waals surface area contributed by atoms with Gasteiger partial charge in [0.15, 0.2) is 6.61 Å². The van der Waals surface area contributed by atoms with E-state index < -0.39 is 12.1 Å². The quantitative estimate of drug-likeness (QED) is 0.250. The highest BCUT2D eigenvalue weighted by Crippen LogP contribution is 2.49. The molecule has 7 heteroatoms. The van der Waals surface area contributed by atoms with Gasteiger partial charge < -0.3 is 24.1 Å². The number of aliphatic hydroxyl groups is 1. The van der Waals surface area contributed by atoms with Gasteiger partial charge in [-0.3, -0.25) is 0 Å². The first-order chi connectivity index (χ1) is 20.5. The highest BCUT2D eigenvalue weighted by atomic mass is 16.7. The van der Waals surface area contributed by atoms with E-state index in [2.05, 4.69) is 6.07 Å². The molecule has 0 aliphatic heterocycles. The summed E-state index contributed by atoms with van der Waals surface area (Å²) in [7, 11) is 0. The minimum Gasteiger partial charge on any atom is -0.482 e. The van der Waals surface area contributed by atoms with Crippen LogP contribution < -0.4 is 4.74 Å². The molecule has 3 aromatic carbocycles. The maximum Gasteiger partial charge on any atom is 0.508 e. The average molecular weight is 573 g/mol. The summed E-state index contributed by atoms with van der Waals surface area (Å²) in [5.74, 6) is 1.03. The minimum atomic E-state index is -0.654. The van der Waals surface area contributed by atoms with Gasteiger partial charge in [0.25, 0.3) is 0 Å². The van der Waals surface area contributed by atoms with E-state index in [0.29, 0.717) is 30.4 Å². The van der Waals surface area contributed by atoms with Gasteiger partial charge in [-0.05, 0) is 84.6 Å². The number of benzene rings is 3. The summed E-state index contributed by atoms with van der Waals surface area (Å²) in [5.41, 5.74) is 4.13. The Hall–Kier alpha value is -3.84. The Morgan fingerprint density at radius 3 is 2.26 bits per heavy atom. The second-order valence-corrected chi connectivity index (χ2v) is 11.4. The van der Waals surface area contributed by atoms with Crippen molar-refractivity contribution in [1.82, 2.24) is 0 Å². The van der Waals surface area contributed by atoms with Crippen LogP contribution in [0.2, 0.25) is 0 Å². The summed E-state index contributed by atoms with van der Waals surface area (Å²) in [6.45, 7) is 2.20. The van der Waals surface area contributed by atoms with Crippen molar-refractivity contribution < 1.29 is 33.6 Å². The third-order valence-electron chi connectivity index (χ3n) is 8.66. The number of esters is 1. The number of aliphatic hydroxyl groups excluding tert-OH is 1. The Morgan fingerprint density at radius 1 is 0.881 bits per heavy atom. The first-order valence-electron chi connectivity index (χ1n) is 15.0. The van der Waals surface area contributed by atoms with Crippen molar-refractivity contribution in [1.29, 1.82) is 0 Å². The van der Waals surface area contributed by atoms with Gasteiger partial charge in [-0.25, -0.2) is 9.59 Å². The van der Waals surface area contributed by atoms with Crippen LogP contribution in [-0.4, -0.2) is 36.0 Å². The van der Waals surface area contributed by atoms with Crippen molar-refractivity contribution in [3.05, 3.63) is 101 Å². The van der Waals surface area contributed by atoms with E-state index in [4.69, 9.17) is 18.9 Å². The van der Waals surface area contributed by atoms with Crippen LogP contribution in [0, 0.1) is 17.8 Å². The lowest BCUT2D eigenvalue weighted by Gasteiger charge is -2.32. The van der Waals surface area contributed by atoms with Gasteiger partial charge in [-0.2, -0.15) is 0 Å². The molecule has 0 radical (unpaired) electrons. The smallest absolute Gasteiger partial charge is 0.482 e. The molecular formula is C35H40O7. The van der Waals surface area contributed by atoms with Gasteiger partial charge in [0.05, 0.1) is 6.10 Å². The molecule has 1 N–H and O–H groups in total. The molecule has 0 spiro atoms. The average Bonchev–Trinajstić information content (AvgIpc) is 3.35. The van der Waals surface area contributed by atoms with Gasteiger partial charge in [-0.15, -0.1) is 0 Å². The summed E-state index contributed by atoms with van der Waals surface area (Å²) >= 11 is 0. The Kier molecular flexibility index (Phi) is 10.1. The number of hydrogen-bond acceptors (Lipinski definition) is 7. The lowest BCUT2D eigenvalue weighted by atomic mass is 9.73. The SMILES string of the molecule is CC[C@H](O)CC[C@@H]1[C@H]2Cc3cccc(OCC(=O)OCc4ccccc4)c3C[C@H]2C[C@H]1OC(=O)OCc1ccccc1. The van der Waals surface area contributed by atoms with E-state index in [9.17, 15) is 14.7 Å². The molecule has 0 unspecified atom stereocenters.